The van der Waals surface area contributed by atoms with Crippen LogP contribution >= 0.6 is 43.2 Å². The van der Waals surface area contributed by atoms with E-state index in [2.05, 4.69) is 42.8 Å². The van der Waals surface area contributed by atoms with Crippen LogP contribution in [0.5, 0.6) is 0 Å². The van der Waals surface area contributed by atoms with E-state index in [1.165, 1.54) is 11.3 Å². The van der Waals surface area contributed by atoms with Crippen LogP contribution in [0.15, 0.2) is 13.6 Å². The van der Waals surface area contributed by atoms with Crippen molar-refractivity contribution in [2.24, 2.45) is 0 Å². The van der Waals surface area contributed by atoms with Gasteiger partial charge in [0.25, 0.3) is 5.91 Å². The molecular weight excluding hydrogens is 406 g/mol. The van der Waals surface area contributed by atoms with Crippen LogP contribution in [-0.4, -0.2) is 47.4 Å². The predicted molar refractivity (Wildman–Crippen MR) is 86.9 cm³/mol. The average molecular weight is 421 g/mol. The van der Waals surface area contributed by atoms with Gasteiger partial charge in [-0.15, -0.1) is 11.3 Å². The number of carbonyl (C=O) groups excluding carboxylic acids is 1. The number of hydrogen-bond acceptors (Lipinski definition) is 4. The summed E-state index contributed by atoms with van der Waals surface area (Å²) in [5.41, 5.74) is 0.232. The summed E-state index contributed by atoms with van der Waals surface area (Å²) < 4.78 is 1.80. The van der Waals surface area contributed by atoms with E-state index in [0.717, 1.165) is 20.7 Å². The fraction of sp³-hybridized carbons (Fsp3) is 0.538. The van der Waals surface area contributed by atoms with E-state index < -0.39 is 5.54 Å². The van der Waals surface area contributed by atoms with Gasteiger partial charge in [0.2, 0.25) is 0 Å². The Hall–Kier alpha value is -0.420. The summed E-state index contributed by atoms with van der Waals surface area (Å²) in [6.45, 7) is 6.60. The van der Waals surface area contributed by atoms with E-state index in [0.29, 0.717) is 18.7 Å². The zero-order chi connectivity index (χ0) is 14.9. The van der Waals surface area contributed by atoms with Crippen molar-refractivity contribution in [2.45, 2.75) is 19.4 Å². The second kappa shape index (κ2) is 6.14. The van der Waals surface area contributed by atoms with E-state index in [9.17, 15) is 4.79 Å². The molecule has 0 radical (unpaired) electrons. The van der Waals surface area contributed by atoms with Crippen molar-refractivity contribution < 1.29 is 4.79 Å². The molecule has 20 heavy (non-hydrogen) atoms. The van der Waals surface area contributed by atoms with Crippen LogP contribution in [0.25, 0.3) is 0 Å². The Bertz CT molecular complexity index is 556. The van der Waals surface area contributed by atoms with Crippen molar-refractivity contribution in [2.75, 3.05) is 26.2 Å². The lowest BCUT2D eigenvalue weighted by molar-refractivity contribution is 0.0520. The van der Waals surface area contributed by atoms with Gasteiger partial charge in [-0.2, -0.15) is 5.26 Å². The Kier molecular flexibility index (Phi) is 4.90. The Morgan fingerprint density at radius 2 is 1.95 bits per heavy atom. The molecule has 1 fully saturated rings. The topological polar surface area (TPSA) is 47.3 Å². The second-order valence-electron chi connectivity index (χ2n) is 5.19. The van der Waals surface area contributed by atoms with Crippen molar-refractivity contribution in [1.82, 2.24) is 9.80 Å². The molecule has 0 saturated carbocycles. The third-order valence-corrected chi connectivity index (χ3v) is 5.86. The number of thiophene rings is 1. The maximum absolute atomic E-state index is 12.5. The van der Waals surface area contributed by atoms with Gasteiger partial charge in [0.15, 0.2) is 0 Å². The molecule has 4 nitrogen and oxygen atoms in total. The summed E-state index contributed by atoms with van der Waals surface area (Å²) in [6, 6.07) is 4.16. The SMILES string of the molecule is CC(C)(C#N)N1CCN(C(=O)c2cc(Br)sc2Br)CC1. The molecule has 0 spiro atoms. The smallest absolute Gasteiger partial charge is 0.255 e. The maximum Gasteiger partial charge on any atom is 0.255 e. The molecule has 2 heterocycles. The normalized spacial score (nSPS) is 17.1. The Morgan fingerprint density at radius 3 is 2.40 bits per heavy atom. The van der Waals surface area contributed by atoms with Crippen LogP contribution in [0, 0.1) is 11.3 Å². The molecular formula is C13H15Br2N3OS. The molecule has 2 rings (SSSR count). The zero-order valence-electron chi connectivity index (χ0n) is 11.3. The fourth-order valence-corrected chi connectivity index (χ4v) is 4.97. The van der Waals surface area contributed by atoms with Crippen molar-refractivity contribution in [1.29, 1.82) is 5.26 Å². The molecule has 0 bridgehead atoms. The molecule has 1 aromatic rings. The van der Waals surface area contributed by atoms with Crippen LogP contribution in [0.3, 0.4) is 0 Å². The summed E-state index contributed by atoms with van der Waals surface area (Å²) in [7, 11) is 0. The van der Waals surface area contributed by atoms with E-state index in [1.54, 1.807) is 0 Å². The maximum atomic E-state index is 12.5. The molecule has 0 N–H and O–H groups in total. The van der Waals surface area contributed by atoms with Gasteiger partial charge in [0.1, 0.15) is 5.54 Å². The number of nitrogens with zero attached hydrogens (tertiary/aromatic N) is 3. The van der Waals surface area contributed by atoms with E-state index in [1.807, 2.05) is 24.8 Å². The highest BCUT2D eigenvalue weighted by atomic mass is 79.9. The molecule has 108 valence electrons. The van der Waals surface area contributed by atoms with Crippen LogP contribution in [0.2, 0.25) is 0 Å². The van der Waals surface area contributed by atoms with Gasteiger partial charge in [0, 0.05) is 26.2 Å². The molecule has 1 amide bonds. The lowest BCUT2D eigenvalue weighted by atomic mass is 10.0. The highest BCUT2D eigenvalue weighted by Gasteiger charge is 2.32. The first-order valence-electron chi connectivity index (χ1n) is 6.25. The lowest BCUT2D eigenvalue weighted by Gasteiger charge is -2.40. The molecule has 1 aliphatic heterocycles. The summed E-state index contributed by atoms with van der Waals surface area (Å²) in [4.78, 5) is 16.4. The average Bonchev–Trinajstić information content (AvgIpc) is 2.77. The van der Waals surface area contributed by atoms with E-state index in [-0.39, 0.29) is 5.91 Å². The monoisotopic (exact) mass is 419 g/mol. The minimum atomic E-state index is -0.471. The summed E-state index contributed by atoms with van der Waals surface area (Å²) >= 11 is 8.32. The largest absolute Gasteiger partial charge is 0.336 e. The fourth-order valence-electron chi connectivity index (χ4n) is 2.20. The highest BCUT2D eigenvalue weighted by molar-refractivity contribution is 9.12. The van der Waals surface area contributed by atoms with Gasteiger partial charge >= 0.3 is 0 Å². The van der Waals surface area contributed by atoms with Crippen LogP contribution in [0.4, 0.5) is 0 Å². The van der Waals surface area contributed by atoms with Gasteiger partial charge in [0.05, 0.1) is 19.2 Å². The first-order valence-corrected chi connectivity index (χ1v) is 8.66. The molecule has 7 heteroatoms. The Morgan fingerprint density at radius 1 is 1.35 bits per heavy atom. The molecule has 0 atom stereocenters. The third-order valence-electron chi connectivity index (χ3n) is 3.52. The van der Waals surface area contributed by atoms with Crippen molar-refractivity contribution in [3.8, 4) is 6.07 Å². The van der Waals surface area contributed by atoms with Crippen LogP contribution in [-0.2, 0) is 0 Å². The standard InChI is InChI=1S/C13H15Br2N3OS/c1-13(2,8-16)18-5-3-17(4-6-18)12(19)9-7-10(14)20-11(9)15/h7H,3-6H2,1-2H3. The number of piperazine rings is 1. The van der Waals surface area contributed by atoms with Crippen LogP contribution < -0.4 is 0 Å². The van der Waals surface area contributed by atoms with Gasteiger partial charge in [-0.25, -0.2) is 0 Å². The van der Waals surface area contributed by atoms with Gasteiger partial charge in [-0.05, 0) is 51.8 Å². The van der Waals surface area contributed by atoms with Crippen molar-refractivity contribution in [3.63, 3.8) is 0 Å². The molecule has 0 aromatic carbocycles. The quantitative estimate of drug-likeness (QED) is 0.737. The first-order chi connectivity index (χ1) is 9.35. The van der Waals surface area contributed by atoms with Crippen LogP contribution in [0.1, 0.15) is 24.2 Å². The summed E-state index contributed by atoms with van der Waals surface area (Å²) in [5.74, 6) is 0.0493. The zero-order valence-corrected chi connectivity index (χ0v) is 15.3. The summed E-state index contributed by atoms with van der Waals surface area (Å²) in [6.07, 6.45) is 0. The van der Waals surface area contributed by atoms with Gasteiger partial charge < -0.3 is 4.90 Å². The Balaban J connectivity index is 2.03. The minimum Gasteiger partial charge on any atom is -0.336 e. The first kappa shape index (κ1) is 16.0. The van der Waals surface area contributed by atoms with Gasteiger partial charge in [-0.1, -0.05) is 0 Å². The number of nitriles is 1. The number of amides is 1. The number of carbonyl (C=O) groups is 1. The van der Waals surface area contributed by atoms with Gasteiger partial charge in [-0.3, -0.25) is 9.69 Å². The lowest BCUT2D eigenvalue weighted by Crippen LogP contribution is -2.55. The van der Waals surface area contributed by atoms with Crippen molar-refractivity contribution in [3.05, 3.63) is 19.2 Å². The number of rotatable bonds is 2. The second-order valence-corrected chi connectivity index (χ2v) is 8.94. The molecule has 1 aliphatic rings. The third kappa shape index (κ3) is 3.25. The predicted octanol–water partition coefficient (Wildman–Crippen LogP) is 3.33. The number of halogens is 2. The Labute approximate surface area is 139 Å². The van der Waals surface area contributed by atoms with E-state index in [4.69, 9.17) is 5.26 Å². The number of hydrogen-bond donors (Lipinski definition) is 0. The van der Waals surface area contributed by atoms with E-state index >= 15 is 0 Å². The molecule has 0 unspecified atom stereocenters. The molecule has 0 aliphatic carbocycles. The molecule has 1 aromatic heterocycles. The molecule has 1 saturated heterocycles. The minimum absolute atomic E-state index is 0.0493. The van der Waals surface area contributed by atoms with Crippen molar-refractivity contribution >= 4 is 49.1 Å². The summed E-state index contributed by atoms with van der Waals surface area (Å²) in [5, 5.41) is 9.16. The highest BCUT2D eigenvalue weighted by Crippen LogP contribution is 2.32.